The average Bonchev–Trinajstić information content (AvgIpc) is 2.85. The molecule has 0 aliphatic carbocycles. The Morgan fingerprint density at radius 2 is 1.92 bits per heavy atom. The van der Waals surface area contributed by atoms with Crippen LogP contribution in [0.2, 0.25) is 0 Å². The Morgan fingerprint density at radius 3 is 2.59 bits per heavy atom. The molecule has 1 aromatic carbocycles. The zero-order valence-electron chi connectivity index (χ0n) is 21.9. The second kappa shape index (κ2) is 11.6. The van der Waals surface area contributed by atoms with Gasteiger partial charge in [0, 0.05) is 74.7 Å². The first-order valence-electron chi connectivity index (χ1n) is 12.7. The first-order chi connectivity index (χ1) is 17.7. The van der Waals surface area contributed by atoms with Gasteiger partial charge in [-0.15, -0.1) is 0 Å². The molecule has 0 aromatic heterocycles. The Bertz CT molecular complexity index is 1150. The fourth-order valence-corrected chi connectivity index (χ4v) is 4.77. The van der Waals surface area contributed by atoms with Crippen molar-refractivity contribution in [2.24, 2.45) is 10.9 Å². The zero-order chi connectivity index (χ0) is 26.5. The number of nitrogens with zero attached hydrogens (tertiary/aromatic N) is 5. The number of likely N-dealkylation sites (tertiary alicyclic amines) is 1. The van der Waals surface area contributed by atoms with E-state index in [-0.39, 0.29) is 11.7 Å². The van der Waals surface area contributed by atoms with Crippen molar-refractivity contribution in [1.82, 2.24) is 14.7 Å². The monoisotopic (exact) mass is 504 g/mol. The number of hydrogen-bond donors (Lipinski definition) is 1. The van der Waals surface area contributed by atoms with Crippen LogP contribution in [0.4, 0.5) is 15.8 Å². The standard InChI is InChI=1S/C29H37FN6O/c1-6-29(37)35-19-24(20-35)11-12-36-21(2)7-8-25(22(36)3)18-31-23(4)32-26-9-10-28(27(30)17-26)34-15-13-33(5)14-16-34/h6-10,17-18,24H,1-3,11-16,19-20H2,4-5H3,(H,31,32)/b25-18-. The van der Waals surface area contributed by atoms with Gasteiger partial charge in [-0.2, -0.15) is 0 Å². The van der Waals surface area contributed by atoms with Gasteiger partial charge in [-0.25, -0.2) is 9.38 Å². The third-order valence-electron chi connectivity index (χ3n) is 7.18. The smallest absolute Gasteiger partial charge is 0.245 e. The van der Waals surface area contributed by atoms with Crippen molar-refractivity contribution in [2.75, 3.05) is 63.1 Å². The largest absolute Gasteiger partial charge is 0.367 e. The summed E-state index contributed by atoms with van der Waals surface area (Å²) in [5, 5.41) is 3.18. The Hall–Kier alpha value is -3.65. The minimum atomic E-state index is -0.234. The highest BCUT2D eigenvalue weighted by Gasteiger charge is 2.30. The minimum Gasteiger partial charge on any atom is -0.367 e. The Balaban J connectivity index is 1.33. The summed E-state index contributed by atoms with van der Waals surface area (Å²) in [7, 11) is 2.09. The molecule has 2 fully saturated rings. The molecule has 8 heteroatoms. The van der Waals surface area contributed by atoms with E-state index in [1.54, 1.807) is 11.1 Å². The Morgan fingerprint density at radius 1 is 1.19 bits per heavy atom. The van der Waals surface area contributed by atoms with E-state index in [4.69, 9.17) is 0 Å². The number of halogens is 1. The summed E-state index contributed by atoms with van der Waals surface area (Å²) in [6, 6.07) is 5.24. The predicted octanol–water partition coefficient (Wildman–Crippen LogP) is 4.23. The first-order valence-corrected chi connectivity index (χ1v) is 12.7. The van der Waals surface area contributed by atoms with E-state index in [0.717, 1.165) is 69.2 Å². The van der Waals surface area contributed by atoms with Gasteiger partial charge in [0.05, 0.1) is 5.69 Å². The molecule has 1 N–H and O–H groups in total. The molecule has 1 aromatic rings. The normalized spacial score (nSPS) is 20.5. The molecule has 0 spiro atoms. The topological polar surface area (TPSA) is 54.4 Å². The molecular formula is C29H37FN6O. The predicted molar refractivity (Wildman–Crippen MR) is 150 cm³/mol. The number of hydrogen-bond acceptors (Lipinski definition) is 5. The van der Waals surface area contributed by atoms with E-state index >= 15 is 0 Å². The molecule has 3 heterocycles. The molecule has 7 nitrogen and oxygen atoms in total. The van der Waals surface area contributed by atoms with E-state index in [0.29, 0.717) is 23.1 Å². The second-order valence-corrected chi connectivity index (χ2v) is 9.91. The van der Waals surface area contributed by atoms with Crippen LogP contribution in [0, 0.1) is 11.7 Å². The molecule has 37 heavy (non-hydrogen) atoms. The van der Waals surface area contributed by atoms with Crippen molar-refractivity contribution < 1.29 is 9.18 Å². The summed E-state index contributed by atoms with van der Waals surface area (Å²) in [6.07, 6.45) is 7.99. The highest BCUT2D eigenvalue weighted by Crippen LogP contribution is 2.29. The number of carbonyl (C=O) groups is 1. The van der Waals surface area contributed by atoms with Crippen molar-refractivity contribution in [3.8, 4) is 0 Å². The molecule has 0 unspecified atom stereocenters. The van der Waals surface area contributed by atoms with Gasteiger partial charge in [-0.1, -0.05) is 19.7 Å². The first kappa shape index (κ1) is 26.4. The molecule has 2 saturated heterocycles. The lowest BCUT2D eigenvalue weighted by Crippen LogP contribution is -2.50. The molecule has 4 rings (SSSR count). The summed E-state index contributed by atoms with van der Waals surface area (Å²) in [5.41, 5.74) is 3.91. The fourth-order valence-electron chi connectivity index (χ4n) is 4.77. The fraction of sp³-hybridized carbons (Fsp3) is 0.379. The summed E-state index contributed by atoms with van der Waals surface area (Å²) >= 11 is 0. The molecule has 0 bridgehead atoms. The number of likely N-dealkylation sites (N-methyl/N-ethyl adjacent to an activating group) is 1. The van der Waals surface area contributed by atoms with Crippen molar-refractivity contribution in [2.45, 2.75) is 13.3 Å². The summed E-state index contributed by atoms with van der Waals surface area (Å²) in [5.74, 6) is 0.877. The highest BCUT2D eigenvalue weighted by molar-refractivity contribution is 5.94. The lowest BCUT2D eigenvalue weighted by atomic mass is 9.95. The molecule has 1 amide bonds. The Labute approximate surface area is 219 Å². The third kappa shape index (κ3) is 6.38. The quantitative estimate of drug-likeness (QED) is 0.342. The second-order valence-electron chi connectivity index (χ2n) is 9.91. The van der Waals surface area contributed by atoms with Crippen molar-refractivity contribution in [1.29, 1.82) is 0 Å². The number of aliphatic imine (C=N–C) groups is 1. The number of allylic oxidation sites excluding steroid dienone is 2. The van der Waals surface area contributed by atoms with Gasteiger partial charge in [0.15, 0.2) is 0 Å². The van der Waals surface area contributed by atoms with Crippen LogP contribution in [0.5, 0.6) is 0 Å². The van der Waals surface area contributed by atoms with E-state index in [2.05, 4.69) is 51.8 Å². The van der Waals surface area contributed by atoms with Crippen LogP contribution in [0.3, 0.4) is 0 Å². The number of rotatable bonds is 7. The lowest BCUT2D eigenvalue weighted by Gasteiger charge is -2.40. The van der Waals surface area contributed by atoms with Gasteiger partial charge in [0.1, 0.15) is 11.7 Å². The number of amides is 1. The Kier molecular flexibility index (Phi) is 8.28. The van der Waals surface area contributed by atoms with Crippen molar-refractivity contribution in [3.05, 3.63) is 85.1 Å². The maximum absolute atomic E-state index is 14.8. The summed E-state index contributed by atoms with van der Waals surface area (Å²) < 4.78 is 14.8. The molecule has 0 saturated carbocycles. The van der Waals surface area contributed by atoms with Gasteiger partial charge >= 0.3 is 0 Å². The summed E-state index contributed by atoms with van der Waals surface area (Å²) in [4.78, 5) is 24.4. The van der Waals surface area contributed by atoms with Gasteiger partial charge in [-0.05, 0) is 62.7 Å². The number of amidine groups is 1. The number of benzene rings is 1. The molecular weight excluding hydrogens is 467 g/mol. The maximum Gasteiger partial charge on any atom is 0.245 e. The minimum absolute atomic E-state index is 0.00764. The number of piperazine rings is 1. The molecule has 196 valence electrons. The molecule has 0 radical (unpaired) electrons. The third-order valence-corrected chi connectivity index (χ3v) is 7.18. The van der Waals surface area contributed by atoms with E-state index in [1.807, 2.05) is 31.2 Å². The number of anilines is 2. The highest BCUT2D eigenvalue weighted by atomic mass is 19.1. The van der Waals surface area contributed by atoms with E-state index in [1.165, 1.54) is 12.1 Å². The van der Waals surface area contributed by atoms with Crippen molar-refractivity contribution in [3.63, 3.8) is 0 Å². The lowest BCUT2D eigenvalue weighted by molar-refractivity contribution is -0.132. The average molecular weight is 505 g/mol. The number of nitrogens with one attached hydrogen (secondary N) is 1. The SMILES string of the molecule is C=CC(=O)N1CC(CCN2C(=C)C=C/C(=C/N=C(C)Nc3ccc(N4CCN(C)CC4)c(F)c3)C2=C)C1. The van der Waals surface area contributed by atoms with Gasteiger partial charge in [-0.3, -0.25) is 4.79 Å². The van der Waals surface area contributed by atoms with Crippen molar-refractivity contribution >= 4 is 23.1 Å². The van der Waals surface area contributed by atoms with Crippen LogP contribution in [-0.4, -0.2) is 79.3 Å². The molecule has 3 aliphatic rings. The van der Waals surface area contributed by atoms with Crippen LogP contribution in [-0.2, 0) is 4.79 Å². The van der Waals surface area contributed by atoms with Gasteiger partial charge in [0.25, 0.3) is 0 Å². The zero-order valence-corrected chi connectivity index (χ0v) is 21.9. The maximum atomic E-state index is 14.8. The van der Waals surface area contributed by atoms with Gasteiger partial charge < -0.3 is 24.9 Å². The van der Waals surface area contributed by atoms with Crippen LogP contribution < -0.4 is 10.2 Å². The van der Waals surface area contributed by atoms with Crippen LogP contribution in [0.1, 0.15) is 13.3 Å². The van der Waals surface area contributed by atoms with Crippen LogP contribution in [0.15, 0.2) is 84.3 Å². The van der Waals surface area contributed by atoms with E-state index in [9.17, 15) is 9.18 Å². The van der Waals surface area contributed by atoms with Crippen LogP contribution in [0.25, 0.3) is 0 Å². The van der Waals surface area contributed by atoms with Crippen LogP contribution >= 0.6 is 0 Å². The number of carbonyl (C=O) groups excluding carboxylic acids is 1. The summed E-state index contributed by atoms with van der Waals surface area (Å²) in [6.45, 7) is 19.6. The van der Waals surface area contributed by atoms with Gasteiger partial charge in [0.2, 0.25) is 5.91 Å². The molecule has 3 aliphatic heterocycles. The molecule has 0 atom stereocenters. The van der Waals surface area contributed by atoms with E-state index < -0.39 is 0 Å².